The summed E-state index contributed by atoms with van der Waals surface area (Å²) in [5.74, 6) is 1.90. The first kappa shape index (κ1) is 12.6. The monoisotopic (exact) mass is 225 g/mol. The third-order valence-electron chi connectivity index (χ3n) is 2.33. The Hall–Kier alpha value is -0.510. The van der Waals surface area contributed by atoms with Crippen LogP contribution >= 0.6 is 11.8 Å². The summed E-state index contributed by atoms with van der Waals surface area (Å²) in [6.07, 6.45) is 0.852. The van der Waals surface area contributed by atoms with E-state index in [0.29, 0.717) is 0 Å². The van der Waals surface area contributed by atoms with Crippen molar-refractivity contribution in [3.8, 4) is 0 Å². The summed E-state index contributed by atoms with van der Waals surface area (Å²) in [7, 11) is 0. The van der Waals surface area contributed by atoms with E-state index in [1.165, 1.54) is 11.1 Å². The Morgan fingerprint density at radius 1 is 1.40 bits per heavy atom. The molecule has 1 rings (SSSR count). The summed E-state index contributed by atoms with van der Waals surface area (Å²) < 4.78 is 0. The van der Waals surface area contributed by atoms with Crippen LogP contribution in [0.4, 0.5) is 0 Å². The second-order valence-corrected chi connectivity index (χ2v) is 4.76. The maximum Gasteiger partial charge on any atom is 0.0438 e. The van der Waals surface area contributed by atoms with Gasteiger partial charge in [-0.05, 0) is 30.2 Å². The summed E-state index contributed by atoms with van der Waals surface area (Å²) in [4.78, 5) is 0. The molecule has 0 bridgehead atoms. The summed E-state index contributed by atoms with van der Waals surface area (Å²) >= 11 is 1.80. The first-order valence-corrected chi connectivity index (χ1v) is 6.41. The predicted molar refractivity (Wildman–Crippen MR) is 67.1 cm³/mol. The Bertz CT molecular complexity index is 291. The minimum Gasteiger partial charge on any atom is -0.396 e. The van der Waals surface area contributed by atoms with Gasteiger partial charge in [-0.2, -0.15) is 11.8 Å². The fourth-order valence-corrected chi connectivity index (χ4v) is 2.40. The molecular formula is C12H19NOS. The number of rotatable bonds is 6. The van der Waals surface area contributed by atoms with Crippen LogP contribution in [0, 0.1) is 6.92 Å². The molecule has 0 heterocycles. The molecule has 0 aliphatic rings. The molecule has 3 N–H and O–H groups in total. The molecule has 1 aromatic carbocycles. The second-order valence-electron chi connectivity index (χ2n) is 3.62. The highest BCUT2D eigenvalue weighted by molar-refractivity contribution is 7.99. The number of benzene rings is 1. The highest BCUT2D eigenvalue weighted by Crippen LogP contribution is 2.19. The van der Waals surface area contributed by atoms with Crippen LogP contribution < -0.4 is 5.73 Å². The zero-order valence-corrected chi connectivity index (χ0v) is 9.96. The highest BCUT2D eigenvalue weighted by atomic mass is 32.2. The molecule has 0 aliphatic carbocycles. The van der Waals surface area contributed by atoms with Crippen molar-refractivity contribution in [3.63, 3.8) is 0 Å². The zero-order chi connectivity index (χ0) is 11.1. The largest absolute Gasteiger partial charge is 0.396 e. The SMILES string of the molecule is Cc1ccccc1C(N)CSCCCO. The van der Waals surface area contributed by atoms with Crippen LogP contribution in [0.2, 0.25) is 0 Å². The third kappa shape index (κ3) is 4.24. The van der Waals surface area contributed by atoms with E-state index in [9.17, 15) is 0 Å². The molecule has 1 aromatic rings. The summed E-state index contributed by atoms with van der Waals surface area (Å²) in [5, 5.41) is 8.65. The van der Waals surface area contributed by atoms with Gasteiger partial charge in [0, 0.05) is 18.4 Å². The molecule has 0 spiro atoms. The van der Waals surface area contributed by atoms with Gasteiger partial charge in [0.15, 0.2) is 0 Å². The van der Waals surface area contributed by atoms with Crippen molar-refractivity contribution in [2.75, 3.05) is 18.1 Å². The Kier molecular flexibility index (Phi) is 5.76. The van der Waals surface area contributed by atoms with Crippen molar-refractivity contribution >= 4 is 11.8 Å². The molecule has 3 heteroatoms. The Labute approximate surface area is 95.9 Å². The normalized spacial score (nSPS) is 12.7. The number of aliphatic hydroxyl groups excluding tert-OH is 1. The molecule has 0 saturated heterocycles. The van der Waals surface area contributed by atoms with E-state index in [2.05, 4.69) is 19.1 Å². The highest BCUT2D eigenvalue weighted by Gasteiger charge is 2.07. The lowest BCUT2D eigenvalue weighted by Crippen LogP contribution is -2.14. The van der Waals surface area contributed by atoms with Gasteiger partial charge >= 0.3 is 0 Å². The van der Waals surface area contributed by atoms with Crippen molar-refractivity contribution in [1.82, 2.24) is 0 Å². The topological polar surface area (TPSA) is 46.2 Å². The standard InChI is InChI=1S/C12H19NOS/c1-10-5-2-3-6-11(10)12(13)9-15-8-4-7-14/h2-3,5-6,12,14H,4,7-9,13H2,1H3. The fraction of sp³-hybridized carbons (Fsp3) is 0.500. The van der Waals surface area contributed by atoms with Gasteiger partial charge < -0.3 is 10.8 Å². The van der Waals surface area contributed by atoms with Gasteiger partial charge in [0.1, 0.15) is 0 Å². The molecule has 1 atom stereocenters. The van der Waals surface area contributed by atoms with Gasteiger partial charge in [0.25, 0.3) is 0 Å². The molecule has 0 aliphatic heterocycles. The maximum atomic E-state index is 8.65. The zero-order valence-electron chi connectivity index (χ0n) is 9.15. The Morgan fingerprint density at radius 3 is 2.80 bits per heavy atom. The number of aryl methyl sites for hydroxylation is 1. The van der Waals surface area contributed by atoms with Crippen LogP contribution in [-0.2, 0) is 0 Å². The lowest BCUT2D eigenvalue weighted by atomic mass is 10.0. The number of hydrogen-bond donors (Lipinski definition) is 2. The van der Waals surface area contributed by atoms with E-state index in [1.54, 1.807) is 11.8 Å². The van der Waals surface area contributed by atoms with Crippen molar-refractivity contribution in [2.45, 2.75) is 19.4 Å². The van der Waals surface area contributed by atoms with Crippen LogP contribution in [0.25, 0.3) is 0 Å². The van der Waals surface area contributed by atoms with Crippen LogP contribution in [0.1, 0.15) is 23.6 Å². The lowest BCUT2D eigenvalue weighted by Gasteiger charge is -2.13. The first-order chi connectivity index (χ1) is 7.25. The van der Waals surface area contributed by atoms with Gasteiger partial charge in [-0.3, -0.25) is 0 Å². The molecule has 2 nitrogen and oxygen atoms in total. The fourth-order valence-electron chi connectivity index (χ4n) is 1.47. The van der Waals surface area contributed by atoms with Crippen LogP contribution in [-0.4, -0.2) is 23.2 Å². The van der Waals surface area contributed by atoms with Crippen molar-refractivity contribution in [3.05, 3.63) is 35.4 Å². The average molecular weight is 225 g/mol. The summed E-state index contributed by atoms with van der Waals surface area (Å²) in [6, 6.07) is 8.35. The predicted octanol–water partition coefficient (Wildman–Crippen LogP) is 2.11. The molecule has 84 valence electrons. The van der Waals surface area contributed by atoms with E-state index < -0.39 is 0 Å². The summed E-state index contributed by atoms with van der Waals surface area (Å²) in [6.45, 7) is 2.36. The van der Waals surface area contributed by atoms with Gasteiger partial charge in [-0.1, -0.05) is 24.3 Å². The molecule has 1 unspecified atom stereocenters. The van der Waals surface area contributed by atoms with Crippen LogP contribution in [0.5, 0.6) is 0 Å². The lowest BCUT2D eigenvalue weighted by molar-refractivity contribution is 0.296. The number of thioether (sulfide) groups is 1. The minimum absolute atomic E-state index is 0.106. The Balaban J connectivity index is 2.40. The van der Waals surface area contributed by atoms with Gasteiger partial charge in [0.2, 0.25) is 0 Å². The van der Waals surface area contributed by atoms with Crippen LogP contribution in [0.3, 0.4) is 0 Å². The van der Waals surface area contributed by atoms with Gasteiger partial charge in [0.05, 0.1) is 0 Å². The van der Waals surface area contributed by atoms with E-state index in [4.69, 9.17) is 10.8 Å². The number of nitrogens with two attached hydrogens (primary N) is 1. The number of aliphatic hydroxyl groups is 1. The molecule has 0 amide bonds. The minimum atomic E-state index is 0.106. The van der Waals surface area contributed by atoms with Crippen molar-refractivity contribution < 1.29 is 5.11 Å². The smallest absolute Gasteiger partial charge is 0.0438 e. The van der Waals surface area contributed by atoms with Gasteiger partial charge in [-0.15, -0.1) is 0 Å². The molecule has 0 radical (unpaired) electrons. The second kappa shape index (κ2) is 6.88. The van der Waals surface area contributed by atoms with E-state index in [1.807, 2.05) is 12.1 Å². The average Bonchev–Trinajstić information content (AvgIpc) is 2.25. The molecule has 0 saturated carbocycles. The first-order valence-electron chi connectivity index (χ1n) is 5.25. The summed E-state index contributed by atoms with van der Waals surface area (Å²) in [5.41, 5.74) is 8.58. The van der Waals surface area contributed by atoms with E-state index in [-0.39, 0.29) is 12.6 Å². The Morgan fingerprint density at radius 2 is 2.13 bits per heavy atom. The molecule has 15 heavy (non-hydrogen) atoms. The van der Waals surface area contributed by atoms with E-state index in [0.717, 1.165) is 17.9 Å². The third-order valence-corrected chi connectivity index (χ3v) is 3.50. The van der Waals surface area contributed by atoms with E-state index >= 15 is 0 Å². The molecule has 0 fully saturated rings. The maximum absolute atomic E-state index is 8.65. The molecular weight excluding hydrogens is 206 g/mol. The van der Waals surface area contributed by atoms with Gasteiger partial charge in [-0.25, -0.2) is 0 Å². The number of hydrogen-bond acceptors (Lipinski definition) is 3. The van der Waals surface area contributed by atoms with Crippen molar-refractivity contribution in [1.29, 1.82) is 0 Å². The van der Waals surface area contributed by atoms with Crippen LogP contribution in [0.15, 0.2) is 24.3 Å². The molecule has 0 aromatic heterocycles. The van der Waals surface area contributed by atoms with Crippen molar-refractivity contribution in [2.24, 2.45) is 5.73 Å². The quantitative estimate of drug-likeness (QED) is 0.729.